The number of rotatable bonds is 4. The molecule has 0 aliphatic rings. The molecule has 0 amide bonds. The molecule has 2 heterocycles. The zero-order valence-corrected chi connectivity index (χ0v) is 13.7. The minimum absolute atomic E-state index is 0.163. The second kappa shape index (κ2) is 5.85. The molecule has 8 heteroatoms. The quantitative estimate of drug-likeness (QED) is 0.754. The lowest BCUT2D eigenvalue weighted by Crippen LogP contribution is -2.09. The molecule has 3 rings (SSSR count). The van der Waals surface area contributed by atoms with Crippen LogP contribution in [0.3, 0.4) is 0 Å². The van der Waals surface area contributed by atoms with E-state index in [4.69, 9.17) is 16.7 Å². The molecule has 3 N–H and O–H groups in total. The fourth-order valence-electron chi connectivity index (χ4n) is 2.06. The van der Waals surface area contributed by atoms with Crippen LogP contribution in [0.1, 0.15) is 4.88 Å². The van der Waals surface area contributed by atoms with Gasteiger partial charge in [-0.05, 0) is 36.4 Å². The summed E-state index contributed by atoms with van der Waals surface area (Å²) < 4.78 is 22.7. The van der Waals surface area contributed by atoms with E-state index in [1.807, 2.05) is 12.1 Å². The van der Waals surface area contributed by atoms with Crippen molar-refractivity contribution in [2.24, 2.45) is 5.14 Å². The SMILES string of the molecule is NS(=O)(=O)c1ccc(CNc2ccnc3cc(Cl)ccc23)s1. The largest absolute Gasteiger partial charge is 0.380 e. The molecule has 0 radical (unpaired) electrons. The molecule has 114 valence electrons. The minimum atomic E-state index is -3.64. The van der Waals surface area contributed by atoms with Crippen molar-refractivity contribution >= 4 is 49.6 Å². The van der Waals surface area contributed by atoms with Gasteiger partial charge in [0, 0.05) is 33.7 Å². The Kier molecular flexibility index (Phi) is 4.05. The molecule has 5 nitrogen and oxygen atoms in total. The van der Waals surface area contributed by atoms with Crippen molar-refractivity contribution < 1.29 is 8.42 Å². The summed E-state index contributed by atoms with van der Waals surface area (Å²) in [4.78, 5) is 5.15. The van der Waals surface area contributed by atoms with Gasteiger partial charge in [0.05, 0.1) is 5.52 Å². The van der Waals surface area contributed by atoms with Gasteiger partial charge in [-0.25, -0.2) is 13.6 Å². The maximum atomic E-state index is 11.3. The van der Waals surface area contributed by atoms with Crippen LogP contribution in [0.2, 0.25) is 5.02 Å². The summed E-state index contributed by atoms with van der Waals surface area (Å²) in [6, 6.07) is 10.6. The first-order chi connectivity index (χ1) is 10.4. The van der Waals surface area contributed by atoms with E-state index in [1.165, 1.54) is 6.07 Å². The lowest BCUT2D eigenvalue weighted by molar-refractivity contribution is 0.600. The first-order valence-electron chi connectivity index (χ1n) is 6.33. The molecule has 0 fully saturated rings. The third-order valence-corrected chi connectivity index (χ3v) is 5.83. The van der Waals surface area contributed by atoms with Crippen LogP contribution in [0.5, 0.6) is 0 Å². The number of aromatic nitrogens is 1. The number of hydrogen-bond donors (Lipinski definition) is 2. The van der Waals surface area contributed by atoms with E-state index >= 15 is 0 Å². The lowest BCUT2D eigenvalue weighted by atomic mass is 10.2. The van der Waals surface area contributed by atoms with Crippen LogP contribution in [0, 0.1) is 0 Å². The van der Waals surface area contributed by atoms with Gasteiger partial charge in [-0.1, -0.05) is 11.6 Å². The van der Waals surface area contributed by atoms with Crippen LogP contribution in [0.25, 0.3) is 10.9 Å². The average molecular weight is 354 g/mol. The van der Waals surface area contributed by atoms with Crippen molar-refractivity contribution in [1.82, 2.24) is 4.98 Å². The van der Waals surface area contributed by atoms with Crippen molar-refractivity contribution in [1.29, 1.82) is 0 Å². The van der Waals surface area contributed by atoms with Gasteiger partial charge in [0.1, 0.15) is 4.21 Å². The van der Waals surface area contributed by atoms with Gasteiger partial charge < -0.3 is 5.32 Å². The molecule has 0 bridgehead atoms. The van der Waals surface area contributed by atoms with E-state index in [2.05, 4.69) is 10.3 Å². The third-order valence-electron chi connectivity index (χ3n) is 3.08. The monoisotopic (exact) mass is 353 g/mol. The van der Waals surface area contributed by atoms with Crippen LogP contribution in [-0.4, -0.2) is 13.4 Å². The highest BCUT2D eigenvalue weighted by molar-refractivity contribution is 7.91. The number of pyridine rings is 1. The molecule has 0 spiro atoms. The summed E-state index contributed by atoms with van der Waals surface area (Å²) in [6.45, 7) is 0.502. The summed E-state index contributed by atoms with van der Waals surface area (Å²) >= 11 is 7.12. The maximum Gasteiger partial charge on any atom is 0.247 e. The molecule has 0 aliphatic heterocycles. The Labute approximate surface area is 136 Å². The summed E-state index contributed by atoms with van der Waals surface area (Å²) in [5.74, 6) is 0. The predicted octanol–water partition coefficient (Wildman–Crippen LogP) is 3.21. The van der Waals surface area contributed by atoms with Crippen LogP contribution < -0.4 is 10.5 Å². The highest BCUT2D eigenvalue weighted by Gasteiger charge is 2.11. The Balaban J connectivity index is 1.84. The fourth-order valence-corrected chi connectivity index (χ4v) is 3.95. The molecular weight excluding hydrogens is 342 g/mol. The smallest absolute Gasteiger partial charge is 0.247 e. The number of anilines is 1. The Hall–Kier alpha value is -1.67. The molecule has 0 aliphatic carbocycles. The summed E-state index contributed by atoms with van der Waals surface area (Å²) in [7, 11) is -3.64. The molecule has 0 unspecified atom stereocenters. The topological polar surface area (TPSA) is 85.1 Å². The number of thiophene rings is 1. The van der Waals surface area contributed by atoms with E-state index in [-0.39, 0.29) is 4.21 Å². The maximum absolute atomic E-state index is 11.3. The summed E-state index contributed by atoms with van der Waals surface area (Å²) in [5.41, 5.74) is 1.71. The van der Waals surface area contributed by atoms with Gasteiger partial charge in [-0.3, -0.25) is 4.98 Å². The second-order valence-electron chi connectivity index (χ2n) is 4.64. The van der Waals surface area contributed by atoms with Gasteiger partial charge in [0.25, 0.3) is 0 Å². The van der Waals surface area contributed by atoms with E-state index < -0.39 is 10.0 Å². The predicted molar refractivity (Wildman–Crippen MR) is 89.8 cm³/mol. The number of primary sulfonamides is 1. The Morgan fingerprint density at radius 3 is 2.77 bits per heavy atom. The number of benzene rings is 1. The van der Waals surface area contributed by atoms with E-state index in [0.29, 0.717) is 11.6 Å². The van der Waals surface area contributed by atoms with E-state index in [0.717, 1.165) is 32.8 Å². The summed E-state index contributed by atoms with van der Waals surface area (Å²) in [5, 5.41) is 9.97. The van der Waals surface area contributed by atoms with Crippen molar-refractivity contribution in [3.8, 4) is 0 Å². The van der Waals surface area contributed by atoms with Gasteiger partial charge in [-0.15, -0.1) is 11.3 Å². The zero-order valence-electron chi connectivity index (χ0n) is 11.3. The van der Waals surface area contributed by atoms with Gasteiger partial charge in [-0.2, -0.15) is 0 Å². The van der Waals surface area contributed by atoms with Crippen molar-refractivity contribution in [2.75, 3.05) is 5.32 Å². The molecule has 0 saturated heterocycles. The van der Waals surface area contributed by atoms with Crippen LogP contribution in [-0.2, 0) is 16.6 Å². The average Bonchev–Trinajstić information content (AvgIpc) is 2.93. The minimum Gasteiger partial charge on any atom is -0.380 e. The number of sulfonamides is 1. The van der Waals surface area contributed by atoms with Gasteiger partial charge in [0.15, 0.2) is 0 Å². The molecule has 3 aromatic rings. The lowest BCUT2D eigenvalue weighted by Gasteiger charge is -2.08. The number of nitrogens with two attached hydrogens (primary N) is 1. The molecule has 2 aromatic heterocycles. The zero-order chi connectivity index (χ0) is 15.7. The number of halogens is 1. The first-order valence-corrected chi connectivity index (χ1v) is 9.07. The number of hydrogen-bond acceptors (Lipinski definition) is 5. The number of nitrogens with zero attached hydrogens (tertiary/aromatic N) is 1. The molecule has 22 heavy (non-hydrogen) atoms. The highest BCUT2D eigenvalue weighted by atomic mass is 35.5. The Bertz CT molecular complexity index is 938. The number of fused-ring (bicyclic) bond motifs is 1. The van der Waals surface area contributed by atoms with Crippen molar-refractivity contribution in [3.63, 3.8) is 0 Å². The highest BCUT2D eigenvalue weighted by Crippen LogP contribution is 2.26. The normalized spacial score (nSPS) is 11.7. The number of nitrogens with one attached hydrogen (secondary N) is 1. The standard InChI is InChI=1S/C14H12ClN3O2S2/c15-9-1-3-11-12(5-6-17-13(11)7-9)18-8-10-2-4-14(21-10)22(16,19)20/h1-7H,8H2,(H,17,18)(H2,16,19,20). The molecule has 0 atom stereocenters. The van der Waals surface area contributed by atoms with Crippen molar-refractivity contribution in [2.45, 2.75) is 10.8 Å². The van der Waals surface area contributed by atoms with E-state index in [9.17, 15) is 8.42 Å². The fraction of sp³-hybridized carbons (Fsp3) is 0.0714. The van der Waals surface area contributed by atoms with Gasteiger partial charge in [0.2, 0.25) is 10.0 Å². The van der Waals surface area contributed by atoms with Gasteiger partial charge >= 0.3 is 0 Å². The molecule has 0 saturated carbocycles. The van der Waals surface area contributed by atoms with Crippen LogP contribution in [0.15, 0.2) is 46.8 Å². The summed E-state index contributed by atoms with van der Waals surface area (Å²) in [6.07, 6.45) is 1.70. The van der Waals surface area contributed by atoms with Crippen molar-refractivity contribution in [3.05, 3.63) is 52.5 Å². The Morgan fingerprint density at radius 2 is 2.05 bits per heavy atom. The Morgan fingerprint density at radius 1 is 1.23 bits per heavy atom. The van der Waals surface area contributed by atoms with Crippen LogP contribution >= 0.6 is 22.9 Å². The first kappa shape index (κ1) is 15.2. The second-order valence-corrected chi connectivity index (χ2v) is 8.03. The molecular formula is C14H12ClN3O2S2. The third kappa shape index (κ3) is 3.22. The molecule has 1 aromatic carbocycles. The van der Waals surface area contributed by atoms with E-state index in [1.54, 1.807) is 24.4 Å². The van der Waals surface area contributed by atoms with Crippen LogP contribution in [0.4, 0.5) is 5.69 Å².